The molecule has 4 rings (SSSR count). The van der Waals surface area contributed by atoms with Gasteiger partial charge in [0.05, 0.1) is 11.3 Å². The van der Waals surface area contributed by atoms with Gasteiger partial charge >= 0.3 is 6.03 Å². The van der Waals surface area contributed by atoms with E-state index in [4.69, 9.17) is 0 Å². The fourth-order valence-corrected chi connectivity index (χ4v) is 4.86. The fourth-order valence-electron chi connectivity index (χ4n) is 3.38. The number of nitrogens with zero attached hydrogens (tertiary/aromatic N) is 2. The van der Waals surface area contributed by atoms with Crippen molar-refractivity contribution in [3.63, 3.8) is 0 Å². The third-order valence-corrected chi connectivity index (χ3v) is 6.86. The standard InChI is InChI=1S/C19H19FN4O4S/c20-14-1-3-15(4-2-14)21-19(26)23-7-9-24(10-8-23)29(27,28)16-5-6-17-13(11-16)12-18(25)22-17/h1-6,11H,7-10,12H2,(H,21,26)(H,22,25). The highest BCUT2D eigenvalue weighted by Crippen LogP contribution is 2.27. The van der Waals surface area contributed by atoms with Gasteiger partial charge in [-0.1, -0.05) is 0 Å². The predicted molar refractivity (Wildman–Crippen MR) is 105 cm³/mol. The molecular formula is C19H19FN4O4S. The number of halogens is 1. The van der Waals surface area contributed by atoms with E-state index < -0.39 is 15.8 Å². The number of urea groups is 1. The highest BCUT2D eigenvalue weighted by Gasteiger charge is 2.31. The average molecular weight is 418 g/mol. The molecule has 152 valence electrons. The quantitative estimate of drug-likeness (QED) is 0.795. The van der Waals surface area contributed by atoms with Crippen LogP contribution in [0.1, 0.15) is 5.56 Å². The fraction of sp³-hybridized carbons (Fsp3) is 0.263. The molecule has 2 aromatic carbocycles. The van der Waals surface area contributed by atoms with Crippen molar-refractivity contribution in [2.45, 2.75) is 11.3 Å². The van der Waals surface area contributed by atoms with Gasteiger partial charge in [0.25, 0.3) is 0 Å². The Hall–Kier alpha value is -2.98. The summed E-state index contributed by atoms with van der Waals surface area (Å²) in [4.78, 5) is 25.5. The minimum absolute atomic E-state index is 0.136. The molecule has 0 unspecified atom stereocenters. The van der Waals surface area contributed by atoms with Crippen molar-refractivity contribution < 1.29 is 22.4 Å². The first kappa shape index (κ1) is 19.3. The van der Waals surface area contributed by atoms with Gasteiger partial charge in [0.15, 0.2) is 0 Å². The molecular weight excluding hydrogens is 399 g/mol. The van der Waals surface area contributed by atoms with Crippen LogP contribution in [0.4, 0.5) is 20.6 Å². The Kier molecular flexibility index (Phi) is 4.97. The first-order valence-corrected chi connectivity index (χ1v) is 10.5. The van der Waals surface area contributed by atoms with Crippen molar-refractivity contribution in [1.82, 2.24) is 9.21 Å². The molecule has 8 nitrogen and oxygen atoms in total. The summed E-state index contributed by atoms with van der Waals surface area (Å²) in [6.07, 6.45) is 0.163. The lowest BCUT2D eigenvalue weighted by Crippen LogP contribution is -2.51. The van der Waals surface area contributed by atoms with Crippen LogP contribution < -0.4 is 10.6 Å². The van der Waals surface area contributed by atoms with Crippen LogP contribution in [0.3, 0.4) is 0 Å². The van der Waals surface area contributed by atoms with E-state index in [0.29, 0.717) is 16.9 Å². The van der Waals surface area contributed by atoms with Crippen LogP contribution in [0.25, 0.3) is 0 Å². The summed E-state index contributed by atoms with van der Waals surface area (Å²) in [6.45, 7) is 0.787. The number of piperazine rings is 1. The number of carbonyl (C=O) groups is 2. The molecule has 2 heterocycles. The molecule has 2 aliphatic heterocycles. The minimum atomic E-state index is -3.72. The van der Waals surface area contributed by atoms with Crippen LogP contribution in [-0.2, 0) is 21.2 Å². The number of carbonyl (C=O) groups excluding carboxylic acids is 2. The Morgan fingerprint density at radius 3 is 2.41 bits per heavy atom. The van der Waals surface area contributed by atoms with Gasteiger partial charge in [-0.15, -0.1) is 0 Å². The van der Waals surface area contributed by atoms with Gasteiger partial charge in [0, 0.05) is 37.6 Å². The van der Waals surface area contributed by atoms with E-state index in [2.05, 4.69) is 10.6 Å². The van der Waals surface area contributed by atoms with E-state index in [1.165, 1.54) is 45.6 Å². The van der Waals surface area contributed by atoms with E-state index in [1.807, 2.05) is 0 Å². The third kappa shape index (κ3) is 3.94. The average Bonchev–Trinajstić information content (AvgIpc) is 3.09. The number of nitrogens with one attached hydrogen (secondary N) is 2. The van der Waals surface area contributed by atoms with Crippen molar-refractivity contribution in [3.05, 3.63) is 53.8 Å². The molecule has 29 heavy (non-hydrogen) atoms. The number of hydrogen-bond donors (Lipinski definition) is 2. The highest BCUT2D eigenvalue weighted by atomic mass is 32.2. The third-order valence-electron chi connectivity index (χ3n) is 4.96. The molecule has 2 aromatic rings. The summed E-state index contributed by atoms with van der Waals surface area (Å²) in [6, 6.07) is 9.65. The maximum atomic E-state index is 13.0. The van der Waals surface area contributed by atoms with E-state index >= 15 is 0 Å². The van der Waals surface area contributed by atoms with Crippen LogP contribution >= 0.6 is 0 Å². The van der Waals surface area contributed by atoms with Gasteiger partial charge in [-0.3, -0.25) is 4.79 Å². The lowest BCUT2D eigenvalue weighted by Gasteiger charge is -2.34. The monoisotopic (exact) mass is 418 g/mol. The van der Waals surface area contributed by atoms with Crippen LogP contribution in [0.2, 0.25) is 0 Å². The van der Waals surface area contributed by atoms with Crippen LogP contribution in [0.5, 0.6) is 0 Å². The second-order valence-corrected chi connectivity index (χ2v) is 8.81. The smallest absolute Gasteiger partial charge is 0.321 e. The largest absolute Gasteiger partial charge is 0.326 e. The lowest BCUT2D eigenvalue weighted by atomic mass is 10.2. The minimum Gasteiger partial charge on any atom is -0.326 e. The normalized spacial score (nSPS) is 17.0. The zero-order chi connectivity index (χ0) is 20.6. The van der Waals surface area contributed by atoms with Crippen molar-refractivity contribution in [1.29, 1.82) is 0 Å². The molecule has 0 radical (unpaired) electrons. The second kappa shape index (κ2) is 7.45. The van der Waals surface area contributed by atoms with E-state index in [0.717, 1.165) is 0 Å². The lowest BCUT2D eigenvalue weighted by molar-refractivity contribution is -0.115. The topological polar surface area (TPSA) is 98.8 Å². The van der Waals surface area contributed by atoms with Gasteiger partial charge in [0.2, 0.25) is 15.9 Å². The maximum Gasteiger partial charge on any atom is 0.321 e. The maximum absolute atomic E-state index is 13.0. The van der Waals surface area contributed by atoms with Crippen molar-refractivity contribution in [2.24, 2.45) is 0 Å². The summed E-state index contributed by atoms with van der Waals surface area (Å²) in [5.41, 5.74) is 1.76. The predicted octanol–water partition coefficient (Wildman–Crippen LogP) is 1.86. The van der Waals surface area contributed by atoms with Gasteiger partial charge in [-0.2, -0.15) is 4.31 Å². The number of hydrogen-bond acceptors (Lipinski definition) is 4. The molecule has 10 heteroatoms. The van der Waals surface area contributed by atoms with Crippen molar-refractivity contribution in [3.8, 4) is 0 Å². The summed E-state index contributed by atoms with van der Waals surface area (Å²) >= 11 is 0. The Morgan fingerprint density at radius 1 is 1.03 bits per heavy atom. The van der Waals surface area contributed by atoms with Gasteiger partial charge in [-0.05, 0) is 48.0 Å². The Balaban J connectivity index is 1.40. The number of amides is 3. The zero-order valence-electron chi connectivity index (χ0n) is 15.4. The highest BCUT2D eigenvalue weighted by molar-refractivity contribution is 7.89. The van der Waals surface area contributed by atoms with Gasteiger partial charge in [-0.25, -0.2) is 17.6 Å². The number of fused-ring (bicyclic) bond motifs is 1. The molecule has 0 aromatic heterocycles. The summed E-state index contributed by atoms with van der Waals surface area (Å²) < 4.78 is 40.2. The van der Waals surface area contributed by atoms with Gasteiger partial charge < -0.3 is 15.5 Å². The van der Waals surface area contributed by atoms with E-state index in [1.54, 1.807) is 6.07 Å². The molecule has 0 aliphatic carbocycles. The Labute approximate surface area is 167 Å². The van der Waals surface area contributed by atoms with Gasteiger partial charge in [0.1, 0.15) is 5.82 Å². The van der Waals surface area contributed by atoms with Crippen molar-refractivity contribution >= 4 is 33.3 Å². The van der Waals surface area contributed by atoms with Crippen LogP contribution in [0, 0.1) is 5.82 Å². The molecule has 0 saturated carbocycles. The van der Waals surface area contributed by atoms with Crippen LogP contribution in [0.15, 0.2) is 47.4 Å². The summed E-state index contributed by atoms with van der Waals surface area (Å²) in [5, 5.41) is 5.35. The molecule has 0 spiro atoms. The number of rotatable bonds is 3. The molecule has 3 amide bonds. The SMILES string of the molecule is O=C1Cc2cc(S(=O)(=O)N3CCN(C(=O)Nc4ccc(F)cc4)CC3)ccc2N1. The molecule has 2 N–H and O–H groups in total. The number of anilines is 2. The number of sulfonamides is 1. The first-order valence-electron chi connectivity index (χ1n) is 9.07. The zero-order valence-corrected chi connectivity index (χ0v) is 16.2. The molecule has 0 atom stereocenters. The van der Waals surface area contributed by atoms with E-state index in [9.17, 15) is 22.4 Å². The Morgan fingerprint density at radius 2 is 1.72 bits per heavy atom. The molecule has 1 fully saturated rings. The summed E-state index contributed by atoms with van der Waals surface area (Å²) in [5.74, 6) is -0.552. The van der Waals surface area contributed by atoms with E-state index in [-0.39, 0.29) is 49.4 Å². The summed E-state index contributed by atoms with van der Waals surface area (Å²) in [7, 11) is -3.72. The van der Waals surface area contributed by atoms with Crippen LogP contribution in [-0.4, -0.2) is 55.7 Å². The molecule has 0 bridgehead atoms. The number of benzene rings is 2. The molecule has 2 aliphatic rings. The van der Waals surface area contributed by atoms with Crippen molar-refractivity contribution in [2.75, 3.05) is 36.8 Å². The molecule has 1 saturated heterocycles. The second-order valence-electron chi connectivity index (χ2n) is 6.87. The first-order chi connectivity index (χ1) is 13.8. The Bertz CT molecular complexity index is 1060.